The SMILES string of the molecule is CC(=O)N[C@H]1[C@H](O[C@H]2[C@H](O)[C@@H](O)[C@H](O[C@H]3[C@H](O)[C@@H](NS(=O)(=O)O)[C@H](O)O[C@@H]3COS(=O)(=O)O)O[C@@H]2C(=O)O)O[C@H](COS(=O)(=O)O)[C@@H](O[C@@H]2OC(C(=O)O)=C[C@H](O)[C@H]2O)[C@@H]1O. The van der Waals surface area contributed by atoms with Crippen LogP contribution in [-0.4, -0.2) is 226 Å². The number of hydrogen-bond acceptors (Lipinski definition) is 25. The highest BCUT2D eigenvalue weighted by Crippen LogP contribution is 2.35. The van der Waals surface area contributed by atoms with E-state index in [1.807, 2.05) is 0 Å². The molecule has 0 aromatic rings. The number of rotatable bonds is 17. The van der Waals surface area contributed by atoms with Gasteiger partial charge in [-0.3, -0.25) is 18.5 Å². The van der Waals surface area contributed by atoms with Crippen molar-refractivity contribution in [3.8, 4) is 0 Å². The van der Waals surface area contributed by atoms with E-state index in [0.717, 1.165) is 6.92 Å². The van der Waals surface area contributed by atoms with Gasteiger partial charge in [0.05, 0.1) is 13.2 Å². The van der Waals surface area contributed by atoms with Crippen LogP contribution in [0, 0.1) is 0 Å². The van der Waals surface area contributed by atoms with Crippen molar-refractivity contribution in [2.45, 2.75) is 117 Å². The maximum atomic E-state index is 12.5. The molecule has 0 saturated carbocycles. The number of aliphatic carboxylic acids is 2. The molecule has 0 bridgehead atoms. The first kappa shape index (κ1) is 50.7. The normalized spacial score (nSPS) is 40.0. The predicted molar refractivity (Wildman–Crippen MR) is 178 cm³/mol. The number of carbonyl (C=O) groups is 3. The molecule has 61 heavy (non-hydrogen) atoms. The van der Waals surface area contributed by atoms with Crippen LogP contribution in [0.2, 0.25) is 0 Å². The van der Waals surface area contributed by atoms with E-state index < -0.39 is 178 Å². The topological polar surface area (TPSA) is 504 Å². The van der Waals surface area contributed by atoms with Crippen LogP contribution in [0.3, 0.4) is 0 Å². The minimum absolute atomic E-state index is 0.563. The van der Waals surface area contributed by atoms with Crippen molar-refractivity contribution in [3.05, 3.63) is 11.8 Å². The van der Waals surface area contributed by atoms with Gasteiger partial charge in [0.2, 0.25) is 18.0 Å². The third-order valence-corrected chi connectivity index (χ3v) is 10.3. The van der Waals surface area contributed by atoms with Crippen LogP contribution < -0.4 is 10.0 Å². The second kappa shape index (κ2) is 19.8. The van der Waals surface area contributed by atoms with E-state index in [4.69, 9.17) is 37.7 Å². The first-order valence-electron chi connectivity index (χ1n) is 16.8. The molecule has 1 amide bonds. The summed E-state index contributed by atoms with van der Waals surface area (Å²) in [5.41, 5.74) is 0. The van der Waals surface area contributed by atoms with Crippen molar-refractivity contribution < 1.29 is 141 Å². The van der Waals surface area contributed by atoms with Gasteiger partial charge in [-0.1, -0.05) is 0 Å². The summed E-state index contributed by atoms with van der Waals surface area (Å²) in [6, 6.07) is -4.28. The smallest absolute Gasteiger partial charge is 0.397 e. The molecule has 4 heterocycles. The van der Waals surface area contributed by atoms with E-state index in [9.17, 15) is 94.7 Å². The van der Waals surface area contributed by atoms with Crippen molar-refractivity contribution in [1.29, 1.82) is 0 Å². The first-order valence-corrected chi connectivity index (χ1v) is 20.9. The maximum absolute atomic E-state index is 12.5. The van der Waals surface area contributed by atoms with Gasteiger partial charge >= 0.3 is 43.0 Å². The van der Waals surface area contributed by atoms with Gasteiger partial charge in [0, 0.05) is 6.92 Å². The highest BCUT2D eigenvalue weighted by atomic mass is 32.3. The zero-order valence-corrected chi connectivity index (χ0v) is 32.8. The molecule has 4 aliphatic rings. The lowest BCUT2D eigenvalue weighted by Crippen LogP contribution is -2.70. The second-order valence-electron chi connectivity index (χ2n) is 13.2. The summed E-state index contributed by atoms with van der Waals surface area (Å²) < 4.78 is 143. The molecule has 18 atom stereocenters. The van der Waals surface area contributed by atoms with Crippen LogP contribution in [0.5, 0.6) is 0 Å². The third kappa shape index (κ3) is 13.3. The number of carbonyl (C=O) groups excluding carboxylic acids is 1. The number of hydrogen-bond donors (Lipinski definition) is 14. The van der Waals surface area contributed by atoms with Crippen LogP contribution in [0.15, 0.2) is 11.8 Å². The van der Waals surface area contributed by atoms with Crippen LogP contribution in [0.4, 0.5) is 0 Å². The number of aliphatic hydroxyl groups excluding tert-OH is 7. The summed E-state index contributed by atoms with van der Waals surface area (Å²) >= 11 is 0. The van der Waals surface area contributed by atoms with Crippen LogP contribution in [0.25, 0.3) is 0 Å². The molecule has 0 spiro atoms. The molecule has 0 aromatic heterocycles. The van der Waals surface area contributed by atoms with E-state index >= 15 is 0 Å². The Balaban J connectivity index is 1.65. The van der Waals surface area contributed by atoms with Crippen molar-refractivity contribution in [3.63, 3.8) is 0 Å². The zero-order valence-electron chi connectivity index (χ0n) is 30.3. The van der Waals surface area contributed by atoms with Gasteiger partial charge in [0.1, 0.15) is 79.2 Å². The Morgan fingerprint density at radius 1 is 0.656 bits per heavy atom. The summed E-state index contributed by atoms with van der Waals surface area (Å²) in [7, 11) is -15.9. The Labute approximate surface area is 341 Å². The van der Waals surface area contributed by atoms with E-state index in [0.29, 0.717) is 6.08 Å². The monoisotopic (exact) mass is 956 g/mol. The van der Waals surface area contributed by atoms with Gasteiger partial charge < -0.3 is 84.4 Å². The van der Waals surface area contributed by atoms with Gasteiger partial charge in [-0.2, -0.15) is 30.0 Å². The Hall–Kier alpha value is -2.96. The zero-order chi connectivity index (χ0) is 46.1. The predicted octanol–water partition coefficient (Wildman–Crippen LogP) is -9.21. The molecular weight excluding hydrogens is 916 g/mol. The first-order chi connectivity index (χ1) is 28.0. The number of amides is 1. The quantitative estimate of drug-likeness (QED) is 0.0602. The lowest BCUT2D eigenvalue weighted by atomic mass is 9.94. The molecule has 0 radical (unpaired) electrons. The average molecular weight is 957 g/mol. The van der Waals surface area contributed by atoms with Gasteiger partial charge in [-0.05, 0) is 6.08 Å². The number of carboxylic acid groups (broad SMARTS) is 2. The molecule has 3 saturated heterocycles. The van der Waals surface area contributed by atoms with E-state index in [-0.39, 0.29) is 0 Å². The molecule has 32 nitrogen and oxygen atoms in total. The number of nitrogens with one attached hydrogen (secondary N) is 2. The fourth-order valence-electron chi connectivity index (χ4n) is 6.21. The Morgan fingerprint density at radius 3 is 1.66 bits per heavy atom. The van der Waals surface area contributed by atoms with Gasteiger partial charge in [-0.15, -0.1) is 0 Å². The molecule has 3 fully saturated rings. The lowest BCUT2D eigenvalue weighted by Gasteiger charge is -2.49. The van der Waals surface area contributed by atoms with Crippen LogP contribution in [-0.2, 0) is 87.0 Å². The molecule has 0 aliphatic carbocycles. The van der Waals surface area contributed by atoms with Crippen LogP contribution >= 0.6 is 0 Å². The molecule has 35 heteroatoms. The largest absolute Gasteiger partial charge is 0.479 e. The Morgan fingerprint density at radius 2 is 1.16 bits per heavy atom. The molecule has 4 rings (SSSR count). The molecule has 0 unspecified atom stereocenters. The fourth-order valence-corrected chi connectivity index (χ4v) is 7.42. The summed E-state index contributed by atoms with van der Waals surface area (Å²) in [6.07, 6.45) is -36.4. The molecule has 4 aliphatic heterocycles. The summed E-state index contributed by atoms with van der Waals surface area (Å²) in [6.45, 7) is -1.85. The van der Waals surface area contributed by atoms with E-state index in [1.54, 1.807) is 0 Å². The number of aliphatic hydroxyl groups is 7. The van der Waals surface area contributed by atoms with Gasteiger partial charge in [0.25, 0.3) is 0 Å². The molecule has 14 N–H and O–H groups in total. The lowest BCUT2D eigenvalue weighted by molar-refractivity contribution is -0.365. The summed E-state index contributed by atoms with van der Waals surface area (Å²) in [4.78, 5) is 36.3. The highest BCUT2D eigenvalue weighted by molar-refractivity contribution is 7.83. The van der Waals surface area contributed by atoms with Gasteiger partial charge in [0.15, 0.2) is 25.0 Å². The van der Waals surface area contributed by atoms with E-state index in [2.05, 4.69) is 13.7 Å². The third-order valence-electron chi connectivity index (χ3n) is 8.85. The maximum Gasteiger partial charge on any atom is 0.397 e. The summed E-state index contributed by atoms with van der Waals surface area (Å²) in [5.74, 6) is -5.84. The van der Waals surface area contributed by atoms with Crippen molar-refractivity contribution in [1.82, 2.24) is 10.0 Å². The van der Waals surface area contributed by atoms with Crippen molar-refractivity contribution in [2.75, 3.05) is 13.2 Å². The minimum Gasteiger partial charge on any atom is -0.479 e. The molecule has 0 aromatic carbocycles. The number of carboxylic acids is 2. The highest BCUT2D eigenvalue weighted by Gasteiger charge is 2.57. The average Bonchev–Trinajstić information content (AvgIpc) is 3.12. The van der Waals surface area contributed by atoms with Gasteiger partial charge in [-0.25, -0.2) is 18.0 Å². The Bertz CT molecular complexity index is 1950. The van der Waals surface area contributed by atoms with Crippen molar-refractivity contribution >= 4 is 48.9 Å². The summed E-state index contributed by atoms with van der Waals surface area (Å²) in [5, 5.41) is 97.0. The molecular formula is C26H40N2O30S3. The fraction of sp³-hybridized carbons (Fsp3) is 0.808. The van der Waals surface area contributed by atoms with Crippen LogP contribution in [0.1, 0.15) is 6.92 Å². The second-order valence-corrected chi connectivity index (χ2v) is 16.6. The minimum atomic E-state index is -5.36. The molecule has 352 valence electrons. The van der Waals surface area contributed by atoms with E-state index in [1.165, 1.54) is 4.72 Å². The Kier molecular flexibility index (Phi) is 16.5. The van der Waals surface area contributed by atoms with Crippen molar-refractivity contribution in [2.24, 2.45) is 0 Å². The number of ether oxygens (including phenoxy) is 7. The standard InChI is InChI=1S/C26H40N2O30S3/c1-5(29)27-11-14(33)18(55-25-12(31)6(30)2-7(53-25)21(36)37)9(4-51-61(47,48)49)54-24(11)57-19-15(34)16(35)26(58-20(19)22(38)39)56-17-8(3-50-60(44,45)46)52-23(40)10(13(17)32)28-59(41,42)43/h2,6,8-20,23-26,28,30-35,40H,3-4H2,1H3,(H,27,29)(H,36,37)(H,38,39)(H,41,42,43)(H,44,45,46)(H,47,48,49)/t6-,8+,9+,10+,11+,12+,13+,14+,15+,16+,17+,18+,19-,20-,23+,24-,25-,26+/m0/s1.